The summed E-state index contributed by atoms with van der Waals surface area (Å²) in [5.74, 6) is 0. The van der Waals surface area contributed by atoms with Gasteiger partial charge in [0.1, 0.15) is 0 Å². The van der Waals surface area contributed by atoms with Crippen molar-refractivity contribution in [2.24, 2.45) is 0 Å². The molecule has 134 valence electrons. The van der Waals surface area contributed by atoms with Crippen LogP contribution in [0.4, 0.5) is 0 Å². The third-order valence-corrected chi connectivity index (χ3v) is 5.12. The van der Waals surface area contributed by atoms with Crippen LogP contribution >= 0.6 is 0 Å². The van der Waals surface area contributed by atoms with Crippen LogP contribution in [0, 0.1) is 0 Å². The summed E-state index contributed by atoms with van der Waals surface area (Å²) >= 11 is -2.48. The first-order valence-corrected chi connectivity index (χ1v) is 9.64. The van der Waals surface area contributed by atoms with Crippen molar-refractivity contribution in [1.29, 1.82) is 0 Å². The Morgan fingerprint density at radius 2 is 1.19 bits per heavy atom. The molecule has 0 bridgehead atoms. The van der Waals surface area contributed by atoms with Crippen LogP contribution in [0.15, 0.2) is 103 Å². The van der Waals surface area contributed by atoms with Gasteiger partial charge < -0.3 is 0 Å². The van der Waals surface area contributed by atoms with E-state index in [0.29, 0.717) is 0 Å². The predicted octanol–water partition coefficient (Wildman–Crippen LogP) is 5.29. The van der Waals surface area contributed by atoms with Gasteiger partial charge in [-0.2, -0.15) is 4.21 Å². The molecule has 0 saturated heterocycles. The fourth-order valence-corrected chi connectivity index (χ4v) is 4.10. The zero-order chi connectivity index (χ0) is 18.7. The Kier molecular flexibility index (Phi) is 4.86. The lowest BCUT2D eigenvalue weighted by atomic mass is 9.78. The number of rotatable bonds is 5. The van der Waals surface area contributed by atoms with Crippen molar-refractivity contribution in [3.05, 3.63) is 120 Å². The van der Waals surface area contributed by atoms with E-state index in [4.69, 9.17) is 4.18 Å². The van der Waals surface area contributed by atoms with Crippen LogP contribution in [0.25, 0.3) is 10.8 Å². The molecule has 0 heterocycles. The molecule has 3 nitrogen and oxygen atoms in total. The molecule has 1 atom stereocenters. The Bertz CT molecular complexity index is 1030. The maximum atomic E-state index is 12.0. The van der Waals surface area contributed by atoms with Crippen LogP contribution in [0.1, 0.15) is 16.7 Å². The molecule has 1 unspecified atom stereocenters. The van der Waals surface area contributed by atoms with Gasteiger partial charge in [-0.25, -0.2) is 4.18 Å². The zero-order valence-electron chi connectivity index (χ0n) is 14.5. The first kappa shape index (κ1) is 17.6. The Hall–Kier alpha value is -2.79. The number of fused-ring (bicyclic) bond motifs is 1. The van der Waals surface area contributed by atoms with Crippen LogP contribution in [-0.2, 0) is 21.1 Å². The fraction of sp³-hybridized carbons (Fsp3) is 0.0435. The molecule has 0 aliphatic rings. The van der Waals surface area contributed by atoms with E-state index in [1.54, 1.807) is 0 Å². The van der Waals surface area contributed by atoms with Gasteiger partial charge in [-0.1, -0.05) is 103 Å². The third kappa shape index (κ3) is 3.19. The highest BCUT2D eigenvalue weighted by molar-refractivity contribution is 7.74. The summed E-state index contributed by atoms with van der Waals surface area (Å²) in [6, 6.07) is 33.0. The predicted molar refractivity (Wildman–Crippen MR) is 109 cm³/mol. The minimum absolute atomic E-state index is 0.787. The third-order valence-electron chi connectivity index (χ3n) is 4.73. The normalized spacial score (nSPS) is 12.8. The van der Waals surface area contributed by atoms with Crippen molar-refractivity contribution < 1.29 is 12.9 Å². The smallest absolute Gasteiger partial charge is 0.284 e. The molecule has 27 heavy (non-hydrogen) atoms. The summed E-state index contributed by atoms with van der Waals surface area (Å²) in [7, 11) is 0. The molecule has 0 aliphatic heterocycles. The van der Waals surface area contributed by atoms with Crippen LogP contribution < -0.4 is 0 Å². The Labute approximate surface area is 160 Å². The van der Waals surface area contributed by atoms with Gasteiger partial charge in [0.15, 0.2) is 5.60 Å². The number of hydrogen-bond acceptors (Lipinski definition) is 2. The Morgan fingerprint density at radius 3 is 1.78 bits per heavy atom. The summed E-state index contributed by atoms with van der Waals surface area (Å²) < 4.78 is 27.6. The molecule has 4 rings (SSSR count). The van der Waals surface area contributed by atoms with E-state index in [2.05, 4.69) is 0 Å². The summed E-state index contributed by atoms with van der Waals surface area (Å²) in [6.45, 7) is 0. The van der Waals surface area contributed by atoms with Crippen molar-refractivity contribution in [3.63, 3.8) is 0 Å². The quantitative estimate of drug-likeness (QED) is 0.382. The SMILES string of the molecule is O=S(O)OC(c1ccccc1)(c1ccccc1)c1cccc2ccccc12. The van der Waals surface area contributed by atoms with E-state index in [1.807, 2.05) is 103 Å². The van der Waals surface area contributed by atoms with Gasteiger partial charge in [0, 0.05) is 5.56 Å². The van der Waals surface area contributed by atoms with Crippen molar-refractivity contribution in [1.82, 2.24) is 0 Å². The van der Waals surface area contributed by atoms with Gasteiger partial charge in [0.2, 0.25) is 0 Å². The highest BCUT2D eigenvalue weighted by Crippen LogP contribution is 2.43. The summed E-state index contributed by atoms with van der Waals surface area (Å²) in [5, 5.41) is 2.01. The summed E-state index contributed by atoms with van der Waals surface area (Å²) in [4.78, 5) is 0. The second-order valence-electron chi connectivity index (χ2n) is 6.24. The maximum Gasteiger partial charge on any atom is 0.303 e. The molecule has 4 aromatic carbocycles. The molecule has 0 aromatic heterocycles. The second kappa shape index (κ2) is 7.45. The van der Waals surface area contributed by atoms with E-state index in [1.165, 1.54) is 0 Å². The lowest BCUT2D eigenvalue weighted by Crippen LogP contribution is -2.33. The largest absolute Gasteiger partial charge is 0.303 e. The van der Waals surface area contributed by atoms with E-state index in [0.717, 1.165) is 27.5 Å². The van der Waals surface area contributed by atoms with Crippen molar-refractivity contribution in [2.45, 2.75) is 5.60 Å². The van der Waals surface area contributed by atoms with E-state index in [-0.39, 0.29) is 0 Å². The average Bonchev–Trinajstić information content (AvgIpc) is 2.73. The van der Waals surface area contributed by atoms with E-state index >= 15 is 0 Å². The van der Waals surface area contributed by atoms with Gasteiger partial charge in [-0.15, -0.1) is 0 Å². The number of hydrogen-bond donors (Lipinski definition) is 1. The molecule has 4 aromatic rings. The lowest BCUT2D eigenvalue weighted by Gasteiger charge is -2.34. The van der Waals surface area contributed by atoms with Crippen molar-refractivity contribution in [3.8, 4) is 0 Å². The molecule has 0 fully saturated rings. The minimum atomic E-state index is -2.48. The van der Waals surface area contributed by atoms with E-state index in [9.17, 15) is 8.76 Å². The monoisotopic (exact) mass is 374 g/mol. The van der Waals surface area contributed by atoms with Gasteiger partial charge >= 0.3 is 11.4 Å². The second-order valence-corrected chi connectivity index (χ2v) is 6.84. The molecule has 0 aliphatic carbocycles. The average molecular weight is 374 g/mol. The van der Waals surface area contributed by atoms with Gasteiger partial charge in [0.25, 0.3) is 0 Å². The van der Waals surface area contributed by atoms with Gasteiger partial charge in [0.05, 0.1) is 0 Å². The highest BCUT2D eigenvalue weighted by atomic mass is 32.2. The topological polar surface area (TPSA) is 46.5 Å². The van der Waals surface area contributed by atoms with Crippen LogP contribution in [-0.4, -0.2) is 8.76 Å². The first-order valence-electron chi connectivity index (χ1n) is 8.61. The van der Waals surface area contributed by atoms with E-state index < -0.39 is 17.0 Å². The molecule has 4 heteroatoms. The fourth-order valence-electron chi connectivity index (χ4n) is 3.60. The van der Waals surface area contributed by atoms with Crippen LogP contribution in [0.5, 0.6) is 0 Å². The molecule has 0 amide bonds. The Morgan fingerprint density at radius 1 is 0.667 bits per heavy atom. The molecular weight excluding hydrogens is 356 g/mol. The zero-order valence-corrected chi connectivity index (χ0v) is 15.3. The molecule has 1 N–H and O–H groups in total. The molecule has 0 saturated carbocycles. The molecule has 0 spiro atoms. The summed E-state index contributed by atoms with van der Waals surface area (Å²) in [6.07, 6.45) is 0. The van der Waals surface area contributed by atoms with Gasteiger partial charge in [-0.3, -0.25) is 4.55 Å². The maximum absolute atomic E-state index is 12.0. The van der Waals surface area contributed by atoms with Crippen molar-refractivity contribution in [2.75, 3.05) is 0 Å². The lowest BCUT2D eigenvalue weighted by molar-refractivity contribution is 0.161. The Balaban J connectivity index is 2.13. The highest BCUT2D eigenvalue weighted by Gasteiger charge is 2.41. The van der Waals surface area contributed by atoms with Crippen LogP contribution in [0.2, 0.25) is 0 Å². The molecule has 0 radical (unpaired) electrons. The van der Waals surface area contributed by atoms with Gasteiger partial charge in [-0.05, 0) is 21.9 Å². The number of benzene rings is 4. The first-order chi connectivity index (χ1) is 13.2. The molecular formula is C23H18O3S. The van der Waals surface area contributed by atoms with Crippen molar-refractivity contribution >= 4 is 22.1 Å². The minimum Gasteiger partial charge on any atom is -0.284 e. The van der Waals surface area contributed by atoms with Crippen LogP contribution in [0.3, 0.4) is 0 Å². The summed E-state index contributed by atoms with van der Waals surface area (Å²) in [5.41, 5.74) is 1.17. The standard InChI is InChI=1S/C23H18O3S/c24-27(25)26-23(19-12-3-1-4-13-19,20-14-5-2-6-15-20)22-17-9-11-18-10-7-8-16-21(18)22/h1-17H,(H,24,25).